The van der Waals surface area contributed by atoms with Crippen molar-refractivity contribution in [1.29, 1.82) is 0 Å². The van der Waals surface area contributed by atoms with Gasteiger partial charge < -0.3 is 9.47 Å². The summed E-state index contributed by atoms with van der Waals surface area (Å²) in [6.45, 7) is 5.92. The second kappa shape index (κ2) is 3.11. The Labute approximate surface area is 112 Å². The normalized spacial score (nSPS) is 54.8. The molecule has 4 rings (SSSR count). The van der Waals surface area contributed by atoms with E-state index in [9.17, 15) is 9.59 Å². The number of ether oxygens (including phenoxy) is 2. The molecular formula is C15H18O4. The number of esters is 1. The lowest BCUT2D eigenvalue weighted by molar-refractivity contribution is -0.146. The van der Waals surface area contributed by atoms with Gasteiger partial charge in [-0.3, -0.25) is 9.59 Å². The Morgan fingerprint density at radius 2 is 2.11 bits per heavy atom. The topological polar surface area (TPSA) is 55.9 Å². The Morgan fingerprint density at radius 1 is 1.37 bits per heavy atom. The summed E-state index contributed by atoms with van der Waals surface area (Å²) in [5.74, 6) is 0.0187. The smallest absolute Gasteiger partial charge is 0.309 e. The third kappa shape index (κ3) is 1.11. The molecule has 1 saturated carbocycles. The predicted octanol–water partition coefficient (Wildman–Crippen LogP) is 1.63. The molecular weight excluding hydrogens is 244 g/mol. The third-order valence-corrected chi connectivity index (χ3v) is 5.76. The monoisotopic (exact) mass is 262 g/mol. The molecule has 4 nitrogen and oxygen atoms in total. The average Bonchev–Trinajstić information content (AvgIpc) is 2.77. The number of carbonyl (C=O) groups is 2. The summed E-state index contributed by atoms with van der Waals surface area (Å²) in [4.78, 5) is 24.2. The van der Waals surface area contributed by atoms with Crippen LogP contribution in [0.1, 0.15) is 33.6 Å². The summed E-state index contributed by atoms with van der Waals surface area (Å²) in [5.41, 5.74) is -0.0899. The zero-order valence-electron chi connectivity index (χ0n) is 11.4. The van der Waals surface area contributed by atoms with E-state index in [1.807, 2.05) is 20.8 Å². The Kier molecular flexibility index (Phi) is 1.91. The van der Waals surface area contributed by atoms with Crippen LogP contribution in [-0.4, -0.2) is 29.1 Å². The van der Waals surface area contributed by atoms with Gasteiger partial charge >= 0.3 is 5.97 Å². The molecule has 0 aromatic carbocycles. The molecule has 3 fully saturated rings. The molecule has 0 aromatic rings. The van der Waals surface area contributed by atoms with Crippen molar-refractivity contribution in [2.75, 3.05) is 0 Å². The number of fused-ring (bicyclic) bond motifs is 2. The van der Waals surface area contributed by atoms with Gasteiger partial charge in [-0.2, -0.15) is 0 Å². The third-order valence-electron chi connectivity index (χ3n) is 5.76. The first kappa shape index (κ1) is 11.6. The number of rotatable bonds is 0. The maximum Gasteiger partial charge on any atom is 0.309 e. The van der Waals surface area contributed by atoms with Crippen LogP contribution < -0.4 is 0 Å². The van der Waals surface area contributed by atoms with Crippen molar-refractivity contribution in [1.82, 2.24) is 0 Å². The van der Waals surface area contributed by atoms with Gasteiger partial charge in [0, 0.05) is 5.92 Å². The van der Waals surface area contributed by atoms with E-state index in [2.05, 4.69) is 0 Å². The summed E-state index contributed by atoms with van der Waals surface area (Å²) in [7, 11) is 0. The number of hydrogen-bond donors (Lipinski definition) is 0. The maximum absolute atomic E-state index is 12.4. The summed E-state index contributed by atoms with van der Waals surface area (Å²) >= 11 is 0. The average molecular weight is 262 g/mol. The van der Waals surface area contributed by atoms with Crippen molar-refractivity contribution in [3.05, 3.63) is 11.6 Å². The lowest BCUT2D eigenvalue weighted by atomic mass is 9.77. The molecule has 2 aliphatic carbocycles. The van der Waals surface area contributed by atoms with Crippen LogP contribution >= 0.6 is 0 Å². The van der Waals surface area contributed by atoms with E-state index in [1.54, 1.807) is 6.08 Å². The minimum Gasteiger partial charge on any atom is -0.461 e. The minimum absolute atomic E-state index is 0.0633. The SMILES string of the molecule is CC1=CC(=O)[C@]23O[C@@]2(C)CC[C@@H]2[C@H](OC(=O)[C@H]2C)[C@@H]13. The van der Waals surface area contributed by atoms with Gasteiger partial charge in [-0.15, -0.1) is 0 Å². The van der Waals surface area contributed by atoms with Crippen LogP contribution in [0.5, 0.6) is 0 Å². The maximum atomic E-state index is 12.4. The summed E-state index contributed by atoms with van der Waals surface area (Å²) in [5, 5.41) is 0. The highest BCUT2D eigenvalue weighted by Gasteiger charge is 2.79. The van der Waals surface area contributed by atoms with Gasteiger partial charge in [0.2, 0.25) is 0 Å². The van der Waals surface area contributed by atoms with Crippen LogP contribution in [0.2, 0.25) is 0 Å². The Hall–Kier alpha value is -1.16. The molecule has 4 aliphatic rings. The van der Waals surface area contributed by atoms with Gasteiger partial charge in [-0.25, -0.2) is 0 Å². The van der Waals surface area contributed by atoms with Crippen LogP contribution in [0.3, 0.4) is 0 Å². The zero-order chi connectivity index (χ0) is 13.6. The van der Waals surface area contributed by atoms with Gasteiger partial charge in [0.15, 0.2) is 11.4 Å². The van der Waals surface area contributed by atoms with E-state index in [4.69, 9.17) is 9.47 Å². The van der Waals surface area contributed by atoms with E-state index in [0.717, 1.165) is 18.4 Å². The van der Waals surface area contributed by atoms with Crippen molar-refractivity contribution in [3.8, 4) is 0 Å². The Balaban J connectivity index is 1.83. The molecule has 1 spiro atoms. The molecule has 0 N–H and O–H groups in total. The zero-order valence-corrected chi connectivity index (χ0v) is 11.4. The van der Waals surface area contributed by atoms with Crippen molar-refractivity contribution in [3.63, 3.8) is 0 Å². The fourth-order valence-electron chi connectivity index (χ4n) is 4.60. The van der Waals surface area contributed by atoms with E-state index in [1.165, 1.54) is 0 Å². The van der Waals surface area contributed by atoms with Gasteiger partial charge in [-0.1, -0.05) is 12.5 Å². The van der Waals surface area contributed by atoms with Crippen LogP contribution in [0, 0.1) is 17.8 Å². The van der Waals surface area contributed by atoms with Crippen LogP contribution in [0.4, 0.5) is 0 Å². The highest BCUT2D eigenvalue weighted by atomic mass is 16.6. The van der Waals surface area contributed by atoms with Crippen molar-refractivity contribution in [2.45, 2.75) is 50.9 Å². The van der Waals surface area contributed by atoms with E-state index in [-0.39, 0.29) is 41.2 Å². The van der Waals surface area contributed by atoms with E-state index >= 15 is 0 Å². The van der Waals surface area contributed by atoms with Crippen LogP contribution in [-0.2, 0) is 19.1 Å². The number of hydrogen-bond acceptors (Lipinski definition) is 4. The highest BCUT2D eigenvalue weighted by molar-refractivity contribution is 6.04. The first-order valence-electron chi connectivity index (χ1n) is 7.04. The van der Waals surface area contributed by atoms with Crippen molar-refractivity contribution >= 4 is 11.8 Å². The molecule has 0 amide bonds. The molecule has 19 heavy (non-hydrogen) atoms. The summed E-state index contributed by atoms with van der Waals surface area (Å²) < 4.78 is 11.5. The first-order valence-corrected chi connectivity index (χ1v) is 7.04. The second-order valence-corrected chi connectivity index (χ2v) is 6.69. The fourth-order valence-corrected chi connectivity index (χ4v) is 4.60. The van der Waals surface area contributed by atoms with Gasteiger partial charge in [0.05, 0.1) is 11.8 Å². The second-order valence-electron chi connectivity index (χ2n) is 6.69. The lowest BCUT2D eigenvalue weighted by Gasteiger charge is -2.26. The summed E-state index contributed by atoms with van der Waals surface area (Å²) in [6, 6.07) is 0. The first-order chi connectivity index (χ1) is 8.91. The fraction of sp³-hybridized carbons (Fsp3) is 0.733. The molecule has 0 aromatic heterocycles. The Morgan fingerprint density at radius 3 is 2.84 bits per heavy atom. The molecule has 2 aliphatic heterocycles. The van der Waals surface area contributed by atoms with Gasteiger partial charge in [-0.05, 0) is 32.8 Å². The molecule has 0 bridgehead atoms. The molecule has 0 unspecified atom stereocenters. The number of carbonyl (C=O) groups excluding carboxylic acids is 2. The quantitative estimate of drug-likeness (QED) is 0.492. The van der Waals surface area contributed by atoms with Gasteiger partial charge in [0.1, 0.15) is 11.7 Å². The molecule has 102 valence electrons. The van der Waals surface area contributed by atoms with E-state index < -0.39 is 5.60 Å². The highest BCUT2D eigenvalue weighted by Crippen LogP contribution is 2.65. The van der Waals surface area contributed by atoms with Gasteiger partial charge in [0.25, 0.3) is 0 Å². The minimum atomic E-state index is -0.735. The van der Waals surface area contributed by atoms with Crippen molar-refractivity contribution < 1.29 is 19.1 Å². The molecule has 2 saturated heterocycles. The molecule has 6 atom stereocenters. The Bertz CT molecular complexity index is 536. The molecule has 2 heterocycles. The largest absolute Gasteiger partial charge is 0.461 e. The standard InChI is InChI=1S/C15H18O4/c1-7-6-10(16)15-11(7)12-9(8(2)13(17)18-12)4-5-14(15,3)19-15/h6,8-9,11-12H,4-5H2,1-3H3/t8-,9-,11+,12-,14-,15+/m0/s1. The lowest BCUT2D eigenvalue weighted by Crippen LogP contribution is -2.41. The van der Waals surface area contributed by atoms with Crippen LogP contribution in [0.15, 0.2) is 11.6 Å². The molecule has 0 radical (unpaired) electrons. The van der Waals surface area contributed by atoms with E-state index in [0.29, 0.717) is 0 Å². The number of epoxide rings is 1. The summed E-state index contributed by atoms with van der Waals surface area (Å²) in [6.07, 6.45) is 3.23. The predicted molar refractivity (Wildman–Crippen MR) is 66.2 cm³/mol. The van der Waals surface area contributed by atoms with Crippen LogP contribution in [0.25, 0.3) is 0 Å². The van der Waals surface area contributed by atoms with Crippen molar-refractivity contribution in [2.24, 2.45) is 17.8 Å². The molecule has 4 heteroatoms. The number of ketones is 1.